The average Bonchev–Trinajstić information content (AvgIpc) is 2.07. The molecule has 0 aromatic heterocycles. The number of carbonyl (C=O) groups excluding carboxylic acids is 1. The number of benzene rings is 1. The minimum Gasteiger partial charge on any atom is -0.496 e. The van der Waals surface area contributed by atoms with Crippen molar-refractivity contribution in [2.24, 2.45) is 5.73 Å². The highest BCUT2D eigenvalue weighted by Crippen LogP contribution is 2.21. The summed E-state index contributed by atoms with van der Waals surface area (Å²) >= 11 is 0. The number of ether oxygens (including phenoxy) is 1. The number of carbonyl (C=O) groups is 1. The molecule has 0 aliphatic rings. The summed E-state index contributed by atoms with van der Waals surface area (Å²) in [4.78, 5) is 11.0. The lowest BCUT2D eigenvalue weighted by atomic mass is 10.0. The summed E-state index contributed by atoms with van der Waals surface area (Å²) in [5.74, 6) is 0.380. The van der Waals surface area contributed by atoms with E-state index in [4.69, 9.17) is 10.5 Å². The van der Waals surface area contributed by atoms with Gasteiger partial charge in [-0.25, -0.2) is 0 Å². The van der Waals surface area contributed by atoms with Gasteiger partial charge in [-0.1, -0.05) is 0 Å². The van der Waals surface area contributed by atoms with E-state index < -0.39 is 5.91 Å². The lowest BCUT2D eigenvalue weighted by molar-refractivity contribution is 0.0999. The maximum atomic E-state index is 11.0. The summed E-state index contributed by atoms with van der Waals surface area (Å²) < 4.78 is 5.11. The first-order valence-corrected chi connectivity index (χ1v) is 4.01. The quantitative estimate of drug-likeness (QED) is 0.746. The van der Waals surface area contributed by atoms with Crippen molar-refractivity contribution in [3.05, 3.63) is 28.8 Å². The fraction of sp³-hybridized carbons (Fsp3) is 0.300. The van der Waals surface area contributed by atoms with Crippen molar-refractivity contribution in [2.75, 3.05) is 7.11 Å². The molecule has 1 aromatic rings. The van der Waals surface area contributed by atoms with Crippen LogP contribution in [-0.2, 0) is 0 Å². The van der Waals surface area contributed by atoms with Gasteiger partial charge in [-0.3, -0.25) is 4.79 Å². The highest BCUT2D eigenvalue weighted by Gasteiger charge is 2.08. The van der Waals surface area contributed by atoms with Gasteiger partial charge in [0, 0.05) is 5.56 Å². The van der Waals surface area contributed by atoms with E-state index in [0.717, 1.165) is 16.9 Å². The highest BCUT2D eigenvalue weighted by molar-refractivity contribution is 5.94. The first-order valence-electron chi connectivity index (χ1n) is 4.01. The molecule has 0 saturated heterocycles. The molecule has 0 unspecified atom stereocenters. The molecule has 0 aliphatic carbocycles. The zero-order valence-electron chi connectivity index (χ0n) is 8.05. The van der Waals surface area contributed by atoms with Crippen LogP contribution in [0.2, 0.25) is 0 Å². The average molecular weight is 179 g/mol. The number of primary amides is 1. The molecule has 0 spiro atoms. The topological polar surface area (TPSA) is 52.3 Å². The molecule has 3 heteroatoms. The fourth-order valence-corrected chi connectivity index (χ4v) is 1.28. The first kappa shape index (κ1) is 9.58. The Balaban J connectivity index is 3.28. The molecular formula is C10H13NO2. The summed E-state index contributed by atoms with van der Waals surface area (Å²) in [6.07, 6.45) is 0. The summed E-state index contributed by atoms with van der Waals surface area (Å²) in [7, 11) is 1.60. The molecule has 0 aliphatic heterocycles. The molecule has 0 bridgehead atoms. The molecule has 1 aromatic carbocycles. The van der Waals surface area contributed by atoms with E-state index >= 15 is 0 Å². The van der Waals surface area contributed by atoms with Gasteiger partial charge in [0.15, 0.2) is 0 Å². The number of aryl methyl sites for hydroxylation is 2. The Labute approximate surface area is 77.5 Å². The Morgan fingerprint density at radius 2 is 1.92 bits per heavy atom. The molecule has 3 nitrogen and oxygen atoms in total. The van der Waals surface area contributed by atoms with Crippen molar-refractivity contribution in [3.8, 4) is 5.75 Å². The molecule has 0 atom stereocenters. The van der Waals surface area contributed by atoms with Crippen molar-refractivity contribution < 1.29 is 9.53 Å². The van der Waals surface area contributed by atoms with Crippen LogP contribution in [-0.4, -0.2) is 13.0 Å². The van der Waals surface area contributed by atoms with Gasteiger partial charge in [0.05, 0.1) is 7.11 Å². The van der Waals surface area contributed by atoms with Crippen molar-refractivity contribution in [1.82, 2.24) is 0 Å². The van der Waals surface area contributed by atoms with E-state index in [1.165, 1.54) is 0 Å². The third kappa shape index (κ3) is 1.80. The van der Waals surface area contributed by atoms with E-state index in [2.05, 4.69) is 0 Å². The SMILES string of the molecule is COc1cc(C)c(C(N)=O)cc1C. The summed E-state index contributed by atoms with van der Waals surface area (Å²) in [6, 6.07) is 3.56. The van der Waals surface area contributed by atoms with Gasteiger partial charge in [0.1, 0.15) is 5.75 Å². The van der Waals surface area contributed by atoms with Crippen LogP contribution in [0.4, 0.5) is 0 Å². The first-order chi connectivity index (χ1) is 6.06. The molecule has 13 heavy (non-hydrogen) atoms. The minimum absolute atomic E-state index is 0.400. The second kappa shape index (κ2) is 3.47. The van der Waals surface area contributed by atoms with Crippen LogP contribution in [0.15, 0.2) is 12.1 Å². The monoisotopic (exact) mass is 179 g/mol. The smallest absolute Gasteiger partial charge is 0.248 e. The maximum absolute atomic E-state index is 11.0. The van der Waals surface area contributed by atoms with Crippen LogP contribution in [0.1, 0.15) is 21.5 Å². The van der Waals surface area contributed by atoms with E-state index in [9.17, 15) is 4.79 Å². The highest BCUT2D eigenvalue weighted by atomic mass is 16.5. The van der Waals surface area contributed by atoms with Crippen LogP contribution in [0.5, 0.6) is 5.75 Å². The van der Waals surface area contributed by atoms with Crippen LogP contribution >= 0.6 is 0 Å². The van der Waals surface area contributed by atoms with Gasteiger partial charge in [-0.05, 0) is 37.1 Å². The van der Waals surface area contributed by atoms with Crippen LogP contribution in [0.25, 0.3) is 0 Å². The molecule has 1 amide bonds. The Morgan fingerprint density at radius 3 is 2.38 bits per heavy atom. The molecule has 1 rings (SSSR count). The van der Waals surface area contributed by atoms with E-state index in [1.807, 2.05) is 19.9 Å². The Morgan fingerprint density at radius 1 is 1.31 bits per heavy atom. The van der Waals surface area contributed by atoms with Crippen molar-refractivity contribution in [1.29, 1.82) is 0 Å². The number of hydrogen-bond acceptors (Lipinski definition) is 2. The molecule has 70 valence electrons. The van der Waals surface area contributed by atoms with E-state index in [1.54, 1.807) is 13.2 Å². The molecule has 0 heterocycles. The number of rotatable bonds is 2. The van der Waals surface area contributed by atoms with Crippen molar-refractivity contribution in [3.63, 3.8) is 0 Å². The fourth-order valence-electron chi connectivity index (χ4n) is 1.28. The third-order valence-electron chi connectivity index (χ3n) is 2.01. The lowest BCUT2D eigenvalue weighted by Gasteiger charge is -2.08. The zero-order chi connectivity index (χ0) is 10.0. The standard InChI is InChI=1S/C10H13NO2/c1-6-5-9(13-3)7(2)4-8(6)10(11)12/h4-5H,1-3H3,(H2,11,12). The van der Waals surface area contributed by atoms with Gasteiger partial charge in [-0.2, -0.15) is 0 Å². The van der Waals surface area contributed by atoms with Gasteiger partial charge in [-0.15, -0.1) is 0 Å². The molecule has 2 N–H and O–H groups in total. The molecule has 0 saturated carbocycles. The predicted molar refractivity (Wildman–Crippen MR) is 51.0 cm³/mol. The number of methoxy groups -OCH3 is 1. The Hall–Kier alpha value is -1.51. The van der Waals surface area contributed by atoms with Gasteiger partial charge in [0.25, 0.3) is 0 Å². The second-order valence-corrected chi connectivity index (χ2v) is 3.00. The number of nitrogens with two attached hydrogens (primary N) is 1. The van der Waals surface area contributed by atoms with Crippen molar-refractivity contribution >= 4 is 5.91 Å². The maximum Gasteiger partial charge on any atom is 0.248 e. The molecular weight excluding hydrogens is 166 g/mol. The predicted octanol–water partition coefficient (Wildman–Crippen LogP) is 1.41. The minimum atomic E-state index is -0.400. The Kier molecular flexibility index (Phi) is 2.56. The lowest BCUT2D eigenvalue weighted by Crippen LogP contribution is -2.13. The van der Waals surface area contributed by atoms with Crippen LogP contribution in [0, 0.1) is 13.8 Å². The largest absolute Gasteiger partial charge is 0.496 e. The van der Waals surface area contributed by atoms with Gasteiger partial charge >= 0.3 is 0 Å². The summed E-state index contributed by atoms with van der Waals surface area (Å²) in [5, 5.41) is 0. The molecule has 0 radical (unpaired) electrons. The van der Waals surface area contributed by atoms with Gasteiger partial charge < -0.3 is 10.5 Å². The van der Waals surface area contributed by atoms with Crippen molar-refractivity contribution in [2.45, 2.75) is 13.8 Å². The number of amides is 1. The van der Waals surface area contributed by atoms with E-state index in [0.29, 0.717) is 5.56 Å². The third-order valence-corrected chi connectivity index (χ3v) is 2.01. The van der Waals surface area contributed by atoms with Crippen LogP contribution < -0.4 is 10.5 Å². The van der Waals surface area contributed by atoms with Crippen LogP contribution in [0.3, 0.4) is 0 Å². The number of hydrogen-bond donors (Lipinski definition) is 1. The van der Waals surface area contributed by atoms with E-state index in [-0.39, 0.29) is 0 Å². The summed E-state index contributed by atoms with van der Waals surface area (Å²) in [5.41, 5.74) is 7.51. The molecule has 0 fully saturated rings. The zero-order valence-corrected chi connectivity index (χ0v) is 8.05. The second-order valence-electron chi connectivity index (χ2n) is 3.00. The normalized spacial score (nSPS) is 9.77. The Bertz CT molecular complexity index is 345. The summed E-state index contributed by atoms with van der Waals surface area (Å²) in [6.45, 7) is 3.72. The van der Waals surface area contributed by atoms with Gasteiger partial charge in [0.2, 0.25) is 5.91 Å².